The second-order valence-corrected chi connectivity index (χ2v) is 18.5. The summed E-state index contributed by atoms with van der Waals surface area (Å²) in [4.78, 5) is 2.50. The first-order chi connectivity index (χ1) is 28.1. The molecule has 1 nitrogen and oxygen atoms in total. The van der Waals surface area contributed by atoms with Crippen LogP contribution in [0.3, 0.4) is 0 Å². The number of nitrogens with zero attached hydrogens (tertiary/aromatic N) is 1. The highest BCUT2D eigenvalue weighted by Gasteiger charge is 2.39. The molecule has 2 aliphatic carbocycles. The summed E-state index contributed by atoms with van der Waals surface area (Å²) in [5.41, 5.74) is 21.9. The second kappa shape index (κ2) is 12.6. The van der Waals surface area contributed by atoms with Crippen LogP contribution in [0.2, 0.25) is 0 Å². The number of benzene rings is 8. The van der Waals surface area contributed by atoms with E-state index in [9.17, 15) is 0 Å². The van der Waals surface area contributed by atoms with E-state index in [4.69, 9.17) is 0 Å². The Labute approximate surface area is 345 Å². The van der Waals surface area contributed by atoms with Gasteiger partial charge in [-0.3, -0.25) is 0 Å². The van der Waals surface area contributed by atoms with E-state index in [-0.39, 0.29) is 10.8 Å². The van der Waals surface area contributed by atoms with Gasteiger partial charge in [-0.15, -0.1) is 11.3 Å². The van der Waals surface area contributed by atoms with Crippen molar-refractivity contribution in [3.8, 4) is 44.5 Å². The van der Waals surface area contributed by atoms with Crippen LogP contribution in [0.5, 0.6) is 0 Å². The Hall–Kier alpha value is -6.22. The van der Waals surface area contributed by atoms with Gasteiger partial charge in [-0.2, -0.15) is 0 Å². The Morgan fingerprint density at radius 2 is 1.12 bits per heavy atom. The SMILES string of the molecule is Cc1cc(C)c2c(c1)C(C)(C)c1ccc(-c3cccc(N(c4ccc(-c5cccc6c5sc5ccccc56)cc4)c4cccc5c4C(C)(C)c4ccccc4-5)c3)cc1-2. The molecule has 0 aliphatic heterocycles. The second-order valence-electron chi connectivity index (χ2n) is 17.5. The van der Waals surface area contributed by atoms with Gasteiger partial charge in [0.15, 0.2) is 0 Å². The van der Waals surface area contributed by atoms with E-state index in [1.165, 1.54) is 104 Å². The standard InChI is InChI=1S/C56H45NS/c1-34-30-35(2)52-46-33-38(26-29-48(46)55(3,4)49(52)31-34)37-14-11-15-40(32-37)57(50-22-13-19-44-42-16-7-9-21-47(42)56(5,6)53(44)50)39-27-24-36(25-28-39)41-18-12-20-45-43-17-8-10-23-51(43)58-54(41)45/h7-33H,1-6H3. The van der Waals surface area contributed by atoms with Crippen molar-refractivity contribution in [2.24, 2.45) is 0 Å². The number of fused-ring (bicyclic) bond motifs is 9. The molecular formula is C56H45NS. The first-order valence-electron chi connectivity index (χ1n) is 20.5. The molecule has 0 N–H and O–H groups in total. The lowest BCUT2D eigenvalue weighted by atomic mass is 9.81. The fourth-order valence-corrected chi connectivity index (χ4v) is 11.7. The van der Waals surface area contributed by atoms with Crippen molar-refractivity contribution in [3.05, 3.63) is 197 Å². The Morgan fingerprint density at radius 1 is 0.448 bits per heavy atom. The number of rotatable bonds is 5. The van der Waals surface area contributed by atoms with Gasteiger partial charge in [0.05, 0.1) is 5.69 Å². The molecule has 8 aromatic carbocycles. The average Bonchev–Trinajstić information content (AvgIpc) is 3.81. The van der Waals surface area contributed by atoms with Gasteiger partial charge in [-0.05, 0) is 129 Å². The van der Waals surface area contributed by atoms with Gasteiger partial charge in [0.2, 0.25) is 0 Å². The predicted octanol–water partition coefficient (Wildman–Crippen LogP) is 16.1. The van der Waals surface area contributed by atoms with Gasteiger partial charge in [0, 0.05) is 42.4 Å². The average molecular weight is 764 g/mol. The minimum Gasteiger partial charge on any atom is -0.310 e. The Kier molecular flexibility index (Phi) is 7.62. The maximum Gasteiger partial charge on any atom is 0.0508 e. The summed E-state index contributed by atoms with van der Waals surface area (Å²) < 4.78 is 2.67. The number of hydrogen-bond donors (Lipinski definition) is 0. The van der Waals surface area contributed by atoms with Gasteiger partial charge in [0.1, 0.15) is 0 Å². The molecule has 1 aromatic heterocycles. The molecule has 9 aromatic rings. The van der Waals surface area contributed by atoms with Crippen LogP contribution >= 0.6 is 11.3 Å². The fourth-order valence-electron chi connectivity index (χ4n) is 10.5. The van der Waals surface area contributed by atoms with Crippen molar-refractivity contribution < 1.29 is 0 Å². The van der Waals surface area contributed by atoms with E-state index in [0.717, 1.165) is 11.4 Å². The number of anilines is 3. The van der Waals surface area contributed by atoms with E-state index in [1.807, 2.05) is 11.3 Å². The Balaban J connectivity index is 1.07. The molecule has 2 heteroatoms. The third-order valence-corrected chi connectivity index (χ3v) is 14.4. The monoisotopic (exact) mass is 763 g/mol. The molecule has 280 valence electrons. The van der Waals surface area contributed by atoms with E-state index in [2.05, 4.69) is 210 Å². The number of hydrogen-bond acceptors (Lipinski definition) is 2. The van der Waals surface area contributed by atoms with Crippen LogP contribution in [-0.4, -0.2) is 0 Å². The van der Waals surface area contributed by atoms with Crippen molar-refractivity contribution in [3.63, 3.8) is 0 Å². The number of aryl methyl sites for hydroxylation is 2. The Bertz CT molecular complexity index is 3140. The first-order valence-corrected chi connectivity index (χ1v) is 21.3. The predicted molar refractivity (Wildman–Crippen MR) is 249 cm³/mol. The molecule has 0 saturated carbocycles. The van der Waals surface area contributed by atoms with Gasteiger partial charge in [-0.1, -0.05) is 155 Å². The van der Waals surface area contributed by atoms with Crippen molar-refractivity contribution >= 4 is 48.6 Å². The third-order valence-electron chi connectivity index (χ3n) is 13.2. The molecule has 0 unspecified atom stereocenters. The molecule has 0 saturated heterocycles. The van der Waals surface area contributed by atoms with Gasteiger partial charge < -0.3 is 4.90 Å². The summed E-state index contributed by atoms with van der Waals surface area (Å²) in [5, 5.41) is 2.65. The zero-order valence-electron chi connectivity index (χ0n) is 33.9. The zero-order chi connectivity index (χ0) is 39.5. The topological polar surface area (TPSA) is 3.24 Å². The van der Waals surface area contributed by atoms with Gasteiger partial charge in [0.25, 0.3) is 0 Å². The van der Waals surface area contributed by atoms with Crippen LogP contribution in [0, 0.1) is 13.8 Å². The normalized spacial score (nSPS) is 14.3. The molecule has 0 fully saturated rings. The summed E-state index contributed by atoms with van der Waals surface area (Å²) in [6.07, 6.45) is 0. The highest BCUT2D eigenvalue weighted by molar-refractivity contribution is 7.26. The number of thiophene rings is 1. The van der Waals surface area contributed by atoms with Crippen LogP contribution in [0.25, 0.3) is 64.7 Å². The lowest BCUT2D eigenvalue weighted by Crippen LogP contribution is -2.20. The van der Waals surface area contributed by atoms with Crippen molar-refractivity contribution in [2.75, 3.05) is 4.90 Å². The first kappa shape index (κ1) is 35.0. The van der Waals surface area contributed by atoms with Crippen LogP contribution in [-0.2, 0) is 10.8 Å². The molecule has 0 bridgehead atoms. The molecule has 58 heavy (non-hydrogen) atoms. The van der Waals surface area contributed by atoms with Crippen molar-refractivity contribution in [1.82, 2.24) is 0 Å². The van der Waals surface area contributed by atoms with E-state index >= 15 is 0 Å². The molecule has 0 amide bonds. The summed E-state index contributed by atoms with van der Waals surface area (Å²) in [7, 11) is 0. The summed E-state index contributed by atoms with van der Waals surface area (Å²) in [6.45, 7) is 14.0. The molecule has 11 rings (SSSR count). The smallest absolute Gasteiger partial charge is 0.0508 e. The van der Waals surface area contributed by atoms with Crippen LogP contribution in [0.4, 0.5) is 17.1 Å². The molecule has 2 aliphatic rings. The molecule has 0 spiro atoms. The van der Waals surface area contributed by atoms with Crippen LogP contribution in [0.1, 0.15) is 61.1 Å². The maximum absolute atomic E-state index is 2.50. The van der Waals surface area contributed by atoms with E-state index in [0.29, 0.717) is 0 Å². The largest absolute Gasteiger partial charge is 0.310 e. The highest BCUT2D eigenvalue weighted by atomic mass is 32.1. The van der Waals surface area contributed by atoms with Crippen LogP contribution < -0.4 is 4.90 Å². The minimum absolute atomic E-state index is 0.0364. The van der Waals surface area contributed by atoms with E-state index in [1.54, 1.807) is 0 Å². The summed E-state index contributed by atoms with van der Waals surface area (Å²) in [6, 6.07) is 61.7. The van der Waals surface area contributed by atoms with Crippen molar-refractivity contribution in [2.45, 2.75) is 52.4 Å². The lowest BCUT2D eigenvalue weighted by molar-refractivity contribution is 0.659. The highest BCUT2D eigenvalue weighted by Crippen LogP contribution is 2.55. The molecule has 0 atom stereocenters. The third kappa shape index (κ3) is 5.07. The van der Waals surface area contributed by atoms with Crippen molar-refractivity contribution in [1.29, 1.82) is 0 Å². The quantitative estimate of drug-likeness (QED) is 0.169. The molecule has 1 heterocycles. The molecular weight excluding hydrogens is 719 g/mol. The van der Waals surface area contributed by atoms with Crippen LogP contribution in [0.15, 0.2) is 164 Å². The van der Waals surface area contributed by atoms with Gasteiger partial charge >= 0.3 is 0 Å². The lowest BCUT2D eigenvalue weighted by Gasteiger charge is -2.32. The fraction of sp³-hybridized carbons (Fsp3) is 0.143. The zero-order valence-corrected chi connectivity index (χ0v) is 34.8. The Morgan fingerprint density at radius 3 is 1.98 bits per heavy atom. The summed E-state index contributed by atoms with van der Waals surface area (Å²) in [5.74, 6) is 0. The maximum atomic E-state index is 2.50. The molecule has 0 radical (unpaired) electrons. The minimum atomic E-state index is -0.175. The summed E-state index contributed by atoms with van der Waals surface area (Å²) >= 11 is 1.89. The van der Waals surface area contributed by atoms with Gasteiger partial charge in [-0.25, -0.2) is 0 Å². The van der Waals surface area contributed by atoms with E-state index < -0.39 is 0 Å².